The minimum Gasteiger partial charge on any atom is -0.331 e. The number of amides is 1. The Bertz CT molecular complexity index is 716. The predicted molar refractivity (Wildman–Crippen MR) is 74.4 cm³/mol. The van der Waals surface area contributed by atoms with Crippen LogP contribution in [0.4, 0.5) is 0 Å². The van der Waals surface area contributed by atoms with Gasteiger partial charge in [0, 0.05) is 24.7 Å². The molecule has 20 heavy (non-hydrogen) atoms. The van der Waals surface area contributed by atoms with Gasteiger partial charge in [0.15, 0.2) is 0 Å². The zero-order valence-corrected chi connectivity index (χ0v) is 11.4. The third-order valence-electron chi connectivity index (χ3n) is 3.67. The molecule has 0 radical (unpaired) electrons. The van der Waals surface area contributed by atoms with Crippen molar-refractivity contribution in [2.24, 2.45) is 23.0 Å². The molecule has 0 saturated heterocycles. The van der Waals surface area contributed by atoms with Gasteiger partial charge >= 0.3 is 0 Å². The molecule has 102 valence electrons. The summed E-state index contributed by atoms with van der Waals surface area (Å²) in [4.78, 5) is 16.0. The maximum Gasteiger partial charge on any atom is 0.295 e. The largest absolute Gasteiger partial charge is 0.331 e. The smallest absolute Gasteiger partial charge is 0.295 e. The van der Waals surface area contributed by atoms with E-state index in [1.165, 1.54) is 0 Å². The first kappa shape index (κ1) is 12.7. The fraction of sp³-hybridized carbons (Fsp3) is 0.286. The average Bonchev–Trinajstić information content (AvgIpc) is 2.79. The third-order valence-corrected chi connectivity index (χ3v) is 3.67. The molecule has 2 heterocycles. The summed E-state index contributed by atoms with van der Waals surface area (Å²) in [6, 6.07) is 5.40. The molecule has 1 aromatic carbocycles. The van der Waals surface area contributed by atoms with E-state index < -0.39 is 0 Å². The highest BCUT2D eigenvalue weighted by Crippen LogP contribution is 2.31. The molecule has 6 nitrogen and oxygen atoms in total. The van der Waals surface area contributed by atoms with Gasteiger partial charge in [0.05, 0.1) is 11.9 Å². The van der Waals surface area contributed by atoms with E-state index in [0.29, 0.717) is 12.1 Å². The summed E-state index contributed by atoms with van der Waals surface area (Å²) in [5.41, 5.74) is 9.11. The predicted octanol–water partition coefficient (Wildman–Crippen LogP) is 2.00. The molecule has 0 saturated carbocycles. The third kappa shape index (κ3) is 1.85. The number of hydrogen-bond donors (Lipinski definition) is 1. The van der Waals surface area contributed by atoms with E-state index in [1.54, 1.807) is 6.07 Å². The second kappa shape index (κ2) is 4.64. The maximum absolute atomic E-state index is 11.7. The molecular weight excluding hydrogens is 254 g/mol. The number of carbonyl (C=O) groups excluding carboxylic acids is 1. The number of hydrogen-bond acceptors (Lipinski definition) is 4. The quantitative estimate of drug-likeness (QED) is 0.904. The molecule has 2 N–H and O–H groups in total. The van der Waals surface area contributed by atoms with Crippen molar-refractivity contribution in [1.29, 1.82) is 0 Å². The molecule has 0 bridgehead atoms. The van der Waals surface area contributed by atoms with Gasteiger partial charge in [-0.25, -0.2) is 4.98 Å². The van der Waals surface area contributed by atoms with Gasteiger partial charge in [0.25, 0.3) is 5.91 Å². The van der Waals surface area contributed by atoms with Crippen molar-refractivity contribution in [3.8, 4) is 11.3 Å². The summed E-state index contributed by atoms with van der Waals surface area (Å²) in [6.45, 7) is 2.28. The molecule has 1 unspecified atom stereocenters. The van der Waals surface area contributed by atoms with E-state index in [0.717, 1.165) is 22.6 Å². The minimum absolute atomic E-state index is 0.253. The van der Waals surface area contributed by atoms with Crippen LogP contribution < -0.4 is 5.73 Å². The first-order valence-electron chi connectivity index (χ1n) is 6.39. The van der Waals surface area contributed by atoms with Crippen LogP contribution in [0.2, 0.25) is 0 Å². The second-order valence-corrected chi connectivity index (χ2v) is 4.82. The standard InChI is InChI=1S/C14H15N5O/c1-8-16-7-13(19(8)2)9-3-4-10-11(5-9)12(6-15)17-18-14(10)20/h3-5,7,12H,6,15H2,1-2H3. The highest BCUT2D eigenvalue weighted by atomic mass is 16.1. The van der Waals surface area contributed by atoms with E-state index in [4.69, 9.17) is 5.73 Å². The zero-order chi connectivity index (χ0) is 14.3. The zero-order valence-electron chi connectivity index (χ0n) is 11.4. The Kier molecular flexibility index (Phi) is 2.94. The molecule has 1 atom stereocenters. The van der Waals surface area contributed by atoms with E-state index in [-0.39, 0.29) is 11.9 Å². The van der Waals surface area contributed by atoms with Gasteiger partial charge in [0.1, 0.15) is 11.9 Å². The van der Waals surface area contributed by atoms with Gasteiger partial charge in [-0.3, -0.25) is 4.79 Å². The fourth-order valence-electron chi connectivity index (χ4n) is 2.38. The molecule has 2 aromatic rings. The molecule has 1 aliphatic heterocycles. The van der Waals surface area contributed by atoms with Crippen molar-refractivity contribution in [1.82, 2.24) is 9.55 Å². The molecule has 0 aliphatic carbocycles. The van der Waals surface area contributed by atoms with Gasteiger partial charge in [-0.05, 0) is 24.6 Å². The number of fused-ring (bicyclic) bond motifs is 1. The molecule has 6 heteroatoms. The Hall–Kier alpha value is -2.34. The van der Waals surface area contributed by atoms with Gasteiger partial charge in [-0.2, -0.15) is 5.11 Å². The normalized spacial score (nSPS) is 17.4. The van der Waals surface area contributed by atoms with Crippen LogP contribution in [0.25, 0.3) is 11.3 Å². The number of benzene rings is 1. The Balaban J connectivity index is 2.14. The van der Waals surface area contributed by atoms with E-state index in [9.17, 15) is 4.79 Å². The number of rotatable bonds is 2. The van der Waals surface area contributed by atoms with Gasteiger partial charge in [-0.15, -0.1) is 5.11 Å². The Morgan fingerprint density at radius 3 is 2.85 bits per heavy atom. The summed E-state index contributed by atoms with van der Waals surface area (Å²) >= 11 is 0. The molecular formula is C14H15N5O. The number of aromatic nitrogens is 2. The van der Waals surface area contributed by atoms with Crippen molar-refractivity contribution in [3.05, 3.63) is 41.3 Å². The number of imidazole rings is 1. The summed E-state index contributed by atoms with van der Waals surface area (Å²) in [5.74, 6) is 0.626. The number of carbonyl (C=O) groups is 1. The first-order chi connectivity index (χ1) is 9.61. The number of nitrogens with two attached hydrogens (primary N) is 1. The van der Waals surface area contributed by atoms with Crippen LogP contribution in [-0.2, 0) is 7.05 Å². The monoisotopic (exact) mass is 269 g/mol. The van der Waals surface area contributed by atoms with Crippen LogP contribution >= 0.6 is 0 Å². The SMILES string of the molecule is Cc1ncc(-c2ccc3c(c2)C(CN)N=NC3=O)n1C. The average molecular weight is 269 g/mol. The molecule has 1 aromatic heterocycles. The minimum atomic E-state index is -0.308. The van der Waals surface area contributed by atoms with Gasteiger partial charge in [0.2, 0.25) is 0 Å². The van der Waals surface area contributed by atoms with Gasteiger partial charge < -0.3 is 10.3 Å². The number of azo groups is 1. The molecule has 3 rings (SSSR count). The maximum atomic E-state index is 11.7. The Morgan fingerprint density at radius 2 is 2.20 bits per heavy atom. The van der Waals surface area contributed by atoms with Gasteiger partial charge in [-0.1, -0.05) is 6.07 Å². The van der Waals surface area contributed by atoms with E-state index in [2.05, 4.69) is 15.2 Å². The van der Waals surface area contributed by atoms with Crippen LogP contribution in [0.15, 0.2) is 34.6 Å². The second-order valence-electron chi connectivity index (χ2n) is 4.82. The molecule has 1 amide bonds. The molecule has 0 fully saturated rings. The summed E-state index contributed by atoms with van der Waals surface area (Å²) in [6.07, 6.45) is 1.82. The van der Waals surface area contributed by atoms with Crippen molar-refractivity contribution in [3.63, 3.8) is 0 Å². The van der Waals surface area contributed by atoms with Crippen molar-refractivity contribution in [2.75, 3.05) is 6.54 Å². The Morgan fingerprint density at radius 1 is 1.40 bits per heavy atom. The molecule has 0 spiro atoms. The van der Waals surface area contributed by atoms with Crippen LogP contribution in [0, 0.1) is 6.92 Å². The Labute approximate surface area is 116 Å². The molecule has 1 aliphatic rings. The van der Waals surface area contributed by atoms with Crippen LogP contribution in [0.3, 0.4) is 0 Å². The van der Waals surface area contributed by atoms with Crippen molar-refractivity contribution >= 4 is 5.91 Å². The van der Waals surface area contributed by atoms with Crippen molar-refractivity contribution in [2.45, 2.75) is 13.0 Å². The number of aryl methyl sites for hydroxylation is 1. The first-order valence-corrected chi connectivity index (χ1v) is 6.39. The highest BCUT2D eigenvalue weighted by Gasteiger charge is 2.23. The summed E-state index contributed by atoms with van der Waals surface area (Å²) in [5, 5.41) is 7.60. The van der Waals surface area contributed by atoms with E-state index in [1.807, 2.05) is 36.9 Å². The topological polar surface area (TPSA) is 85.6 Å². The lowest BCUT2D eigenvalue weighted by atomic mass is 9.95. The van der Waals surface area contributed by atoms with Crippen molar-refractivity contribution < 1.29 is 4.79 Å². The lowest BCUT2D eigenvalue weighted by molar-refractivity contribution is 0.0985. The van der Waals surface area contributed by atoms with Crippen LogP contribution in [0.1, 0.15) is 27.8 Å². The highest BCUT2D eigenvalue weighted by molar-refractivity contribution is 5.97. The summed E-state index contributed by atoms with van der Waals surface area (Å²) < 4.78 is 2.01. The summed E-state index contributed by atoms with van der Waals surface area (Å²) in [7, 11) is 1.96. The van der Waals surface area contributed by atoms with Crippen LogP contribution in [0.5, 0.6) is 0 Å². The lowest BCUT2D eigenvalue weighted by Crippen LogP contribution is -2.17. The number of nitrogens with zero attached hydrogens (tertiary/aromatic N) is 4. The van der Waals surface area contributed by atoms with Crippen LogP contribution in [-0.4, -0.2) is 22.0 Å². The fourth-order valence-corrected chi connectivity index (χ4v) is 2.38. The van der Waals surface area contributed by atoms with E-state index >= 15 is 0 Å². The lowest BCUT2D eigenvalue weighted by Gasteiger charge is -2.17.